The molecule has 1 heterocycles. The Hall–Kier alpha value is -1.34. The summed E-state index contributed by atoms with van der Waals surface area (Å²) in [6.07, 6.45) is 1.74. The summed E-state index contributed by atoms with van der Waals surface area (Å²) in [5, 5.41) is 22.7. The number of hydrogen-bond donors (Lipinski definition) is 4. The molecule has 7 heteroatoms. The fourth-order valence-electron chi connectivity index (χ4n) is 1.92. The minimum absolute atomic E-state index is 0.0101. The summed E-state index contributed by atoms with van der Waals surface area (Å²) >= 11 is 0. The molecule has 1 fully saturated rings. The third-order valence-corrected chi connectivity index (χ3v) is 3.07. The molecule has 1 aliphatic rings. The second kappa shape index (κ2) is 7.17. The fraction of sp³-hybridized carbons (Fsp3) is 0.818. The number of nitrogens with one attached hydrogen (secondary N) is 2. The van der Waals surface area contributed by atoms with E-state index in [4.69, 9.17) is 10.2 Å². The predicted molar refractivity (Wildman–Crippen MR) is 65.3 cm³/mol. The first-order valence-corrected chi connectivity index (χ1v) is 6.12. The first-order chi connectivity index (χ1) is 8.52. The number of carbonyl (C=O) groups is 2. The van der Waals surface area contributed by atoms with Crippen molar-refractivity contribution in [3.8, 4) is 0 Å². The number of carboxylic acids is 1. The summed E-state index contributed by atoms with van der Waals surface area (Å²) in [5.74, 6) is -1.14. The quantitative estimate of drug-likeness (QED) is 0.518. The molecule has 0 radical (unpaired) electrons. The van der Waals surface area contributed by atoms with Gasteiger partial charge in [0.2, 0.25) is 0 Å². The summed E-state index contributed by atoms with van der Waals surface area (Å²) < 4.78 is 0. The zero-order valence-corrected chi connectivity index (χ0v) is 10.6. The molecule has 18 heavy (non-hydrogen) atoms. The van der Waals surface area contributed by atoms with Crippen molar-refractivity contribution in [2.24, 2.45) is 0 Å². The van der Waals surface area contributed by atoms with Crippen LogP contribution >= 0.6 is 0 Å². The summed E-state index contributed by atoms with van der Waals surface area (Å²) in [6, 6.07) is -1.43. The van der Waals surface area contributed by atoms with Crippen LogP contribution in [0.5, 0.6) is 0 Å². The number of aliphatic carboxylic acids is 1. The molecule has 1 rings (SSSR count). The van der Waals surface area contributed by atoms with Crippen molar-refractivity contribution in [1.29, 1.82) is 0 Å². The monoisotopic (exact) mass is 259 g/mol. The smallest absolute Gasteiger partial charge is 0.326 e. The van der Waals surface area contributed by atoms with Gasteiger partial charge in [0.1, 0.15) is 6.04 Å². The Balaban J connectivity index is 2.33. The number of aliphatic hydroxyl groups excluding tert-OH is 1. The Labute approximate surface area is 106 Å². The Bertz CT molecular complexity index is 290. The molecule has 7 nitrogen and oxygen atoms in total. The van der Waals surface area contributed by atoms with Crippen LogP contribution in [-0.2, 0) is 4.79 Å². The van der Waals surface area contributed by atoms with E-state index in [-0.39, 0.29) is 19.1 Å². The van der Waals surface area contributed by atoms with Gasteiger partial charge in [0.15, 0.2) is 0 Å². The second-order valence-electron chi connectivity index (χ2n) is 4.60. The molecule has 0 spiro atoms. The molecular weight excluding hydrogens is 238 g/mol. The minimum atomic E-state index is -1.14. The van der Waals surface area contributed by atoms with Crippen LogP contribution in [0.4, 0.5) is 4.79 Å². The van der Waals surface area contributed by atoms with E-state index in [2.05, 4.69) is 15.5 Å². The molecule has 1 aliphatic heterocycles. The highest BCUT2D eigenvalue weighted by Crippen LogP contribution is 2.07. The van der Waals surface area contributed by atoms with E-state index in [0.29, 0.717) is 0 Å². The highest BCUT2D eigenvalue weighted by atomic mass is 16.4. The first-order valence-electron chi connectivity index (χ1n) is 6.12. The number of urea groups is 1. The lowest BCUT2D eigenvalue weighted by atomic mass is 10.1. The SMILES string of the molecule is CN1CCC(NC(=O)N[C@H](CCO)C(=O)O)CC1. The second-order valence-corrected chi connectivity index (χ2v) is 4.60. The molecular formula is C11H21N3O4. The third-order valence-electron chi connectivity index (χ3n) is 3.07. The first kappa shape index (κ1) is 14.7. The van der Waals surface area contributed by atoms with Gasteiger partial charge in [0.25, 0.3) is 0 Å². The van der Waals surface area contributed by atoms with Crippen LogP contribution in [-0.4, -0.2) is 65.9 Å². The molecule has 0 aliphatic carbocycles. The number of rotatable bonds is 5. The van der Waals surface area contributed by atoms with Gasteiger partial charge in [-0.1, -0.05) is 0 Å². The van der Waals surface area contributed by atoms with Gasteiger partial charge in [0.05, 0.1) is 0 Å². The number of nitrogens with zero attached hydrogens (tertiary/aromatic N) is 1. The van der Waals surface area contributed by atoms with Crippen molar-refractivity contribution in [3.63, 3.8) is 0 Å². The molecule has 1 atom stereocenters. The van der Waals surface area contributed by atoms with E-state index in [1.54, 1.807) is 0 Å². The van der Waals surface area contributed by atoms with Gasteiger partial charge < -0.3 is 25.7 Å². The number of carbonyl (C=O) groups excluding carboxylic acids is 1. The van der Waals surface area contributed by atoms with Gasteiger partial charge in [-0.05, 0) is 33.0 Å². The van der Waals surface area contributed by atoms with Gasteiger partial charge in [-0.2, -0.15) is 0 Å². The highest BCUT2D eigenvalue weighted by molar-refractivity contribution is 5.82. The zero-order valence-electron chi connectivity index (χ0n) is 10.6. The van der Waals surface area contributed by atoms with Crippen LogP contribution in [0, 0.1) is 0 Å². The maximum atomic E-state index is 11.6. The zero-order chi connectivity index (χ0) is 13.5. The van der Waals surface area contributed by atoms with E-state index in [1.807, 2.05) is 7.05 Å². The van der Waals surface area contributed by atoms with Crippen molar-refractivity contribution in [2.75, 3.05) is 26.7 Å². The lowest BCUT2D eigenvalue weighted by Gasteiger charge is -2.29. The fourth-order valence-corrected chi connectivity index (χ4v) is 1.92. The van der Waals surface area contributed by atoms with E-state index >= 15 is 0 Å². The Morgan fingerprint density at radius 2 is 2.00 bits per heavy atom. The van der Waals surface area contributed by atoms with Gasteiger partial charge >= 0.3 is 12.0 Å². The summed E-state index contributed by atoms with van der Waals surface area (Å²) in [4.78, 5) is 24.6. The minimum Gasteiger partial charge on any atom is -0.480 e. The summed E-state index contributed by atoms with van der Waals surface area (Å²) in [6.45, 7) is 1.57. The van der Waals surface area contributed by atoms with E-state index in [9.17, 15) is 9.59 Å². The molecule has 0 unspecified atom stereocenters. The maximum Gasteiger partial charge on any atom is 0.326 e. The van der Waals surface area contributed by atoms with Gasteiger partial charge in [-0.25, -0.2) is 9.59 Å². The van der Waals surface area contributed by atoms with E-state index < -0.39 is 18.0 Å². The largest absolute Gasteiger partial charge is 0.480 e. The number of hydrogen-bond acceptors (Lipinski definition) is 4. The van der Waals surface area contributed by atoms with Crippen LogP contribution in [0.3, 0.4) is 0 Å². The molecule has 0 aromatic rings. The lowest BCUT2D eigenvalue weighted by molar-refractivity contribution is -0.139. The van der Waals surface area contributed by atoms with Crippen LogP contribution in [0.25, 0.3) is 0 Å². The number of aliphatic hydroxyl groups is 1. The van der Waals surface area contributed by atoms with Crippen molar-refractivity contribution in [1.82, 2.24) is 15.5 Å². The molecule has 0 bridgehead atoms. The Kier molecular flexibility index (Phi) is 5.87. The van der Waals surface area contributed by atoms with Crippen LogP contribution in [0.2, 0.25) is 0 Å². The average molecular weight is 259 g/mol. The van der Waals surface area contributed by atoms with Crippen LogP contribution in [0.15, 0.2) is 0 Å². The summed E-state index contributed by atoms with van der Waals surface area (Å²) in [7, 11) is 2.03. The lowest BCUT2D eigenvalue weighted by Crippen LogP contribution is -2.51. The van der Waals surface area contributed by atoms with Gasteiger partial charge in [0, 0.05) is 19.1 Å². The molecule has 0 aromatic heterocycles. The van der Waals surface area contributed by atoms with E-state index in [0.717, 1.165) is 25.9 Å². The van der Waals surface area contributed by atoms with Gasteiger partial charge in [-0.15, -0.1) is 0 Å². The average Bonchev–Trinajstić information content (AvgIpc) is 2.31. The molecule has 0 aromatic carbocycles. The molecule has 104 valence electrons. The van der Waals surface area contributed by atoms with Crippen molar-refractivity contribution in [3.05, 3.63) is 0 Å². The maximum absolute atomic E-state index is 11.6. The molecule has 1 saturated heterocycles. The third kappa shape index (κ3) is 4.89. The van der Waals surface area contributed by atoms with Crippen LogP contribution < -0.4 is 10.6 Å². The summed E-state index contributed by atoms with van der Waals surface area (Å²) in [5.41, 5.74) is 0. The highest BCUT2D eigenvalue weighted by Gasteiger charge is 2.22. The number of piperidine rings is 1. The Morgan fingerprint density at radius 1 is 1.39 bits per heavy atom. The predicted octanol–water partition coefficient (Wildman–Crippen LogP) is -0.785. The van der Waals surface area contributed by atoms with Gasteiger partial charge in [-0.3, -0.25) is 0 Å². The molecule has 2 amide bonds. The normalized spacial score (nSPS) is 19.2. The van der Waals surface area contributed by atoms with Crippen LogP contribution in [0.1, 0.15) is 19.3 Å². The van der Waals surface area contributed by atoms with Crippen molar-refractivity contribution >= 4 is 12.0 Å². The van der Waals surface area contributed by atoms with Crippen molar-refractivity contribution < 1.29 is 19.8 Å². The molecule has 0 saturated carbocycles. The Morgan fingerprint density at radius 3 is 2.50 bits per heavy atom. The van der Waals surface area contributed by atoms with E-state index in [1.165, 1.54) is 0 Å². The topological polar surface area (TPSA) is 102 Å². The van der Waals surface area contributed by atoms with Crippen molar-refractivity contribution in [2.45, 2.75) is 31.3 Å². The molecule has 4 N–H and O–H groups in total. The number of carboxylic acid groups (broad SMARTS) is 1. The number of amides is 2. The number of likely N-dealkylation sites (tertiary alicyclic amines) is 1. The standard InChI is InChI=1S/C11H21N3O4/c1-14-5-2-8(3-6-14)12-11(18)13-9(4-7-15)10(16)17/h8-9,15H,2-7H2,1H3,(H,16,17)(H2,12,13,18)/t9-/m1/s1.